The number of benzene rings is 2. The van der Waals surface area contributed by atoms with Gasteiger partial charge in [0.2, 0.25) is 0 Å². The maximum atomic E-state index is 12.8. The second-order valence-corrected chi connectivity index (χ2v) is 4.56. The van der Waals surface area contributed by atoms with Gasteiger partial charge in [-0.3, -0.25) is 14.9 Å². The number of carbonyl (C=O) groups excluding carboxylic acids is 1. The van der Waals surface area contributed by atoms with Crippen LogP contribution >= 0.6 is 11.6 Å². The SMILES string of the molecule is O=C(Cc1ccc(F)cc1)c1ccc(Cl)c([N+](=O)[O-])c1. The van der Waals surface area contributed by atoms with Crippen molar-refractivity contribution in [1.29, 1.82) is 0 Å². The van der Waals surface area contributed by atoms with Gasteiger partial charge in [0.15, 0.2) is 5.78 Å². The van der Waals surface area contributed by atoms with E-state index in [1.165, 1.54) is 36.4 Å². The first-order chi connectivity index (χ1) is 9.47. The monoisotopic (exact) mass is 293 g/mol. The lowest BCUT2D eigenvalue weighted by molar-refractivity contribution is -0.384. The number of hydrogen-bond donors (Lipinski definition) is 0. The largest absolute Gasteiger partial charge is 0.294 e. The summed E-state index contributed by atoms with van der Waals surface area (Å²) in [6.07, 6.45) is 0.0407. The van der Waals surface area contributed by atoms with Crippen molar-refractivity contribution >= 4 is 23.1 Å². The highest BCUT2D eigenvalue weighted by Gasteiger charge is 2.16. The minimum Gasteiger partial charge on any atom is -0.294 e. The Morgan fingerprint density at radius 1 is 1.20 bits per heavy atom. The topological polar surface area (TPSA) is 60.2 Å². The molecule has 0 aromatic heterocycles. The number of halogens is 2. The third-order valence-electron chi connectivity index (χ3n) is 2.74. The number of carbonyl (C=O) groups is 1. The molecule has 6 heteroatoms. The molecule has 0 saturated carbocycles. The molecule has 0 fully saturated rings. The van der Waals surface area contributed by atoms with Gasteiger partial charge in [0.05, 0.1) is 4.92 Å². The van der Waals surface area contributed by atoms with Crippen molar-refractivity contribution < 1.29 is 14.1 Å². The Balaban J connectivity index is 2.23. The number of rotatable bonds is 4. The van der Waals surface area contributed by atoms with E-state index in [9.17, 15) is 19.3 Å². The summed E-state index contributed by atoms with van der Waals surface area (Å²) in [7, 11) is 0. The predicted octanol–water partition coefficient (Wildman–Crippen LogP) is 3.81. The number of Topliss-reactive ketones (excluding diaryl/α,β-unsaturated/α-hetero) is 1. The lowest BCUT2D eigenvalue weighted by Gasteiger charge is -2.03. The average molecular weight is 294 g/mol. The number of nitro groups is 1. The molecule has 4 nitrogen and oxygen atoms in total. The van der Waals surface area contributed by atoms with Gasteiger partial charge in [0, 0.05) is 18.1 Å². The normalized spacial score (nSPS) is 10.3. The van der Waals surface area contributed by atoms with E-state index in [2.05, 4.69) is 0 Å². The quantitative estimate of drug-likeness (QED) is 0.489. The Kier molecular flexibility index (Phi) is 4.10. The summed E-state index contributed by atoms with van der Waals surface area (Å²) < 4.78 is 12.8. The van der Waals surface area contributed by atoms with Crippen LogP contribution in [0.25, 0.3) is 0 Å². The molecule has 0 atom stereocenters. The number of hydrogen-bond acceptors (Lipinski definition) is 3. The Labute approximate surface area is 119 Å². The van der Waals surface area contributed by atoms with Crippen LogP contribution in [0.1, 0.15) is 15.9 Å². The molecule has 0 bridgehead atoms. The van der Waals surface area contributed by atoms with Gasteiger partial charge in [0.1, 0.15) is 10.8 Å². The maximum absolute atomic E-state index is 12.8. The van der Waals surface area contributed by atoms with E-state index in [0.29, 0.717) is 5.56 Å². The fourth-order valence-corrected chi connectivity index (χ4v) is 1.90. The van der Waals surface area contributed by atoms with E-state index in [0.717, 1.165) is 6.07 Å². The van der Waals surface area contributed by atoms with E-state index in [4.69, 9.17) is 11.6 Å². The van der Waals surface area contributed by atoms with Gasteiger partial charge >= 0.3 is 0 Å². The van der Waals surface area contributed by atoms with Crippen LogP contribution in [0.4, 0.5) is 10.1 Å². The zero-order chi connectivity index (χ0) is 14.7. The molecule has 102 valence electrons. The van der Waals surface area contributed by atoms with E-state index >= 15 is 0 Å². The molecule has 0 heterocycles. The molecule has 2 aromatic rings. The van der Waals surface area contributed by atoms with Gasteiger partial charge in [0.25, 0.3) is 5.69 Å². The average Bonchev–Trinajstić information content (AvgIpc) is 2.41. The summed E-state index contributed by atoms with van der Waals surface area (Å²) in [6.45, 7) is 0. The minimum absolute atomic E-state index is 0.0201. The fourth-order valence-electron chi connectivity index (χ4n) is 1.72. The molecule has 0 spiro atoms. The summed E-state index contributed by atoms with van der Waals surface area (Å²) in [6, 6.07) is 9.40. The molecule has 2 aromatic carbocycles. The van der Waals surface area contributed by atoms with Gasteiger partial charge in [-0.15, -0.1) is 0 Å². The van der Waals surface area contributed by atoms with Crippen molar-refractivity contribution in [2.45, 2.75) is 6.42 Å². The van der Waals surface area contributed by atoms with Crippen LogP contribution in [0, 0.1) is 15.9 Å². The zero-order valence-corrected chi connectivity index (χ0v) is 10.9. The van der Waals surface area contributed by atoms with Crippen molar-refractivity contribution in [3.05, 3.63) is 74.5 Å². The summed E-state index contributed by atoms with van der Waals surface area (Å²) >= 11 is 5.68. The van der Waals surface area contributed by atoms with Crippen molar-refractivity contribution in [2.75, 3.05) is 0 Å². The molecular weight excluding hydrogens is 285 g/mol. The molecule has 0 radical (unpaired) electrons. The molecule has 0 N–H and O–H groups in total. The van der Waals surface area contributed by atoms with Crippen LogP contribution in [0.2, 0.25) is 5.02 Å². The maximum Gasteiger partial charge on any atom is 0.288 e. The first kappa shape index (κ1) is 14.1. The second kappa shape index (κ2) is 5.79. The first-order valence-electron chi connectivity index (χ1n) is 5.69. The van der Waals surface area contributed by atoms with Gasteiger partial charge < -0.3 is 0 Å². The first-order valence-corrected chi connectivity index (χ1v) is 6.07. The second-order valence-electron chi connectivity index (χ2n) is 4.15. The number of nitro benzene ring substituents is 1. The Bertz CT molecular complexity index is 671. The van der Waals surface area contributed by atoms with Crippen LogP contribution in [0.3, 0.4) is 0 Å². The van der Waals surface area contributed by atoms with Crippen LogP contribution in [-0.2, 0) is 6.42 Å². The van der Waals surface area contributed by atoms with E-state index < -0.39 is 4.92 Å². The lowest BCUT2D eigenvalue weighted by atomic mass is 10.0. The Hall–Kier alpha value is -2.27. The molecule has 0 saturated heterocycles. The summed E-state index contributed by atoms with van der Waals surface area (Å²) in [5.74, 6) is -0.681. The highest BCUT2D eigenvalue weighted by atomic mass is 35.5. The predicted molar refractivity (Wildman–Crippen MR) is 72.5 cm³/mol. The smallest absolute Gasteiger partial charge is 0.288 e. The van der Waals surface area contributed by atoms with Crippen LogP contribution in [0.15, 0.2) is 42.5 Å². The zero-order valence-electron chi connectivity index (χ0n) is 10.2. The fraction of sp³-hybridized carbons (Fsp3) is 0.0714. The molecule has 0 aliphatic rings. The van der Waals surface area contributed by atoms with E-state index in [1.54, 1.807) is 0 Å². The molecule has 0 unspecified atom stereocenters. The lowest BCUT2D eigenvalue weighted by Crippen LogP contribution is -2.04. The van der Waals surface area contributed by atoms with Crippen molar-refractivity contribution in [3.8, 4) is 0 Å². The molecule has 0 aliphatic heterocycles. The van der Waals surface area contributed by atoms with Gasteiger partial charge in [-0.05, 0) is 29.8 Å². The third-order valence-corrected chi connectivity index (χ3v) is 3.06. The molecule has 0 aliphatic carbocycles. The number of nitrogens with zero attached hydrogens (tertiary/aromatic N) is 1. The van der Waals surface area contributed by atoms with Gasteiger partial charge in [-0.1, -0.05) is 23.7 Å². The molecule has 20 heavy (non-hydrogen) atoms. The highest BCUT2D eigenvalue weighted by Crippen LogP contribution is 2.25. The van der Waals surface area contributed by atoms with Crippen LogP contribution < -0.4 is 0 Å². The highest BCUT2D eigenvalue weighted by molar-refractivity contribution is 6.32. The van der Waals surface area contributed by atoms with E-state index in [-0.39, 0.29) is 34.3 Å². The van der Waals surface area contributed by atoms with Crippen LogP contribution in [-0.4, -0.2) is 10.7 Å². The molecule has 2 rings (SSSR count). The minimum atomic E-state index is -0.642. The Morgan fingerprint density at radius 2 is 1.85 bits per heavy atom. The Morgan fingerprint density at radius 3 is 2.45 bits per heavy atom. The van der Waals surface area contributed by atoms with Crippen molar-refractivity contribution in [2.24, 2.45) is 0 Å². The third kappa shape index (κ3) is 3.19. The van der Waals surface area contributed by atoms with E-state index in [1.807, 2.05) is 0 Å². The molecular formula is C14H9ClFNO3. The van der Waals surface area contributed by atoms with Crippen molar-refractivity contribution in [1.82, 2.24) is 0 Å². The van der Waals surface area contributed by atoms with Crippen LogP contribution in [0.5, 0.6) is 0 Å². The standard InChI is InChI=1S/C14H9ClFNO3/c15-12-6-3-10(8-13(12)17(19)20)14(18)7-9-1-4-11(16)5-2-9/h1-6,8H,7H2. The molecule has 0 amide bonds. The van der Waals surface area contributed by atoms with Crippen molar-refractivity contribution in [3.63, 3.8) is 0 Å². The summed E-state index contributed by atoms with van der Waals surface area (Å²) in [5, 5.41) is 10.7. The number of ketones is 1. The summed E-state index contributed by atoms with van der Waals surface area (Å²) in [4.78, 5) is 22.1. The van der Waals surface area contributed by atoms with Gasteiger partial charge in [-0.25, -0.2) is 4.39 Å². The van der Waals surface area contributed by atoms with Gasteiger partial charge in [-0.2, -0.15) is 0 Å². The summed E-state index contributed by atoms with van der Waals surface area (Å²) in [5.41, 5.74) is 0.524.